The van der Waals surface area contributed by atoms with E-state index in [4.69, 9.17) is 15.3 Å². The molecule has 0 heterocycles. The molecule has 2 rings (SSSR count). The van der Waals surface area contributed by atoms with Crippen LogP contribution < -0.4 is 0 Å². The van der Waals surface area contributed by atoms with Gasteiger partial charge in [0.05, 0.1) is 0 Å². The first-order valence-electron chi connectivity index (χ1n) is 14.7. The maximum absolute atomic E-state index is 5.19. The summed E-state index contributed by atoms with van der Waals surface area (Å²) in [5, 5.41) is 10.4. The van der Waals surface area contributed by atoms with Crippen LogP contribution in [0, 0.1) is 11.8 Å². The van der Waals surface area contributed by atoms with Crippen molar-refractivity contribution in [1.29, 1.82) is 0 Å². The molecule has 0 aromatic heterocycles. The minimum absolute atomic E-state index is 0. The maximum Gasteiger partial charge on any atom is 0 e. The molecular weight excluding hydrogens is 536 g/mol. The maximum atomic E-state index is 5.19. The van der Waals surface area contributed by atoms with Crippen molar-refractivity contribution in [3.8, 4) is 0 Å². The number of hydrogen-bond acceptors (Lipinski definition) is 0. The van der Waals surface area contributed by atoms with Gasteiger partial charge in [-0.15, -0.1) is 12.1 Å². The van der Waals surface area contributed by atoms with E-state index in [0.717, 1.165) is 32.1 Å². The molecule has 0 radical (unpaired) electrons. The monoisotopic (exact) mass is 592 g/mol. The molecule has 210 valence electrons. The quantitative estimate of drug-likeness (QED) is 0.202. The average molecular weight is 594 g/mol. The second-order valence-corrected chi connectivity index (χ2v) is 22.2. The zero-order valence-electron chi connectivity index (χ0n) is 26.6. The summed E-state index contributed by atoms with van der Waals surface area (Å²) in [7, 11) is -2.21. The van der Waals surface area contributed by atoms with E-state index in [0.29, 0.717) is 23.9 Å². The molecule has 0 spiro atoms. The van der Waals surface area contributed by atoms with Crippen molar-refractivity contribution >= 4 is 16.5 Å². The van der Waals surface area contributed by atoms with Gasteiger partial charge in [-0.1, -0.05) is 152 Å². The second kappa shape index (κ2) is 17.3. The third kappa shape index (κ3) is 14.0. The van der Waals surface area contributed by atoms with E-state index in [1.165, 1.54) is 35.4 Å². The Labute approximate surface area is 246 Å². The van der Waals surface area contributed by atoms with E-state index in [-0.39, 0.29) is 19.5 Å². The van der Waals surface area contributed by atoms with Gasteiger partial charge in [0.1, 0.15) is 0 Å². The minimum Gasteiger partial charge on any atom is -0.685 e. The zero-order chi connectivity index (χ0) is 27.5. The molecule has 2 aliphatic rings. The molecule has 0 aliphatic heterocycles. The summed E-state index contributed by atoms with van der Waals surface area (Å²) < 4.78 is 4.82. The molecule has 0 saturated heterocycles. The fraction of sp³-hybridized carbons (Fsp3) is 0.742. The molecule has 0 saturated carbocycles. The molecular formula is C31H58N3Si2Zn-3. The SMILES string of the molecule is CCC1=C([N-]C(C)CC(C)[N-]C2=C(CC)C=CC[C@H]2CC)C(CC)CC=C1.C[Si](C)(C)[N-][Si](C)(C)C.[Zn]. The second-order valence-electron chi connectivity index (χ2n) is 12.7. The number of nitrogens with zero attached hydrogens (tertiary/aromatic N) is 3. The van der Waals surface area contributed by atoms with E-state index in [1.807, 2.05) is 0 Å². The van der Waals surface area contributed by atoms with Crippen LogP contribution in [0.15, 0.2) is 46.8 Å². The number of rotatable bonds is 12. The van der Waals surface area contributed by atoms with Crippen LogP contribution >= 0.6 is 0 Å². The van der Waals surface area contributed by atoms with Gasteiger partial charge in [-0.25, -0.2) is 0 Å². The van der Waals surface area contributed by atoms with Crippen LogP contribution in [0.4, 0.5) is 0 Å². The van der Waals surface area contributed by atoms with Gasteiger partial charge in [-0.3, -0.25) is 0 Å². The van der Waals surface area contributed by atoms with Gasteiger partial charge in [-0.05, 0) is 37.5 Å². The summed E-state index contributed by atoms with van der Waals surface area (Å²) in [5.74, 6) is 1.20. The van der Waals surface area contributed by atoms with Gasteiger partial charge in [-0.2, -0.15) is 11.4 Å². The molecule has 0 amide bonds. The molecule has 37 heavy (non-hydrogen) atoms. The minimum atomic E-state index is -1.11. The van der Waals surface area contributed by atoms with Crippen molar-refractivity contribution in [3.05, 3.63) is 62.1 Å². The number of hydrogen-bond donors (Lipinski definition) is 0. The van der Waals surface area contributed by atoms with Crippen molar-refractivity contribution < 1.29 is 19.5 Å². The third-order valence-electron chi connectivity index (χ3n) is 6.73. The van der Waals surface area contributed by atoms with Gasteiger partial charge in [0, 0.05) is 19.5 Å². The Hall–Kier alpha value is -0.423. The first kappa shape index (κ1) is 36.6. The summed E-state index contributed by atoms with van der Waals surface area (Å²) in [6, 6.07) is 0.650. The summed E-state index contributed by atoms with van der Waals surface area (Å²) in [5.41, 5.74) is 5.60. The molecule has 6 heteroatoms. The Morgan fingerprint density at radius 2 is 1.05 bits per heavy atom. The van der Waals surface area contributed by atoms with Crippen LogP contribution in [0.25, 0.3) is 15.3 Å². The molecule has 0 aromatic rings. The van der Waals surface area contributed by atoms with Gasteiger partial charge in [0.2, 0.25) is 0 Å². The van der Waals surface area contributed by atoms with E-state index in [2.05, 4.69) is 105 Å². The molecule has 3 unspecified atom stereocenters. The fourth-order valence-electron chi connectivity index (χ4n) is 5.44. The van der Waals surface area contributed by atoms with Gasteiger partial charge >= 0.3 is 0 Å². The summed E-state index contributed by atoms with van der Waals surface area (Å²) in [6.45, 7) is 27.4. The molecule has 0 fully saturated rings. The smallest absolute Gasteiger partial charge is 0 e. The topological polar surface area (TPSA) is 42.3 Å². The molecule has 0 bridgehead atoms. The molecule has 4 atom stereocenters. The normalized spacial score (nSPS) is 21.6. The van der Waals surface area contributed by atoms with E-state index < -0.39 is 16.5 Å². The van der Waals surface area contributed by atoms with Crippen LogP contribution in [0.5, 0.6) is 0 Å². The number of allylic oxidation sites excluding steroid dienone is 8. The molecule has 0 aromatic carbocycles. The Kier molecular flexibility index (Phi) is 17.1. The largest absolute Gasteiger partial charge is 0.685 e. The van der Waals surface area contributed by atoms with Crippen LogP contribution in [0.3, 0.4) is 0 Å². The van der Waals surface area contributed by atoms with Crippen molar-refractivity contribution in [2.24, 2.45) is 11.8 Å². The predicted molar refractivity (Wildman–Crippen MR) is 170 cm³/mol. The van der Waals surface area contributed by atoms with Crippen LogP contribution in [-0.2, 0) is 19.5 Å². The van der Waals surface area contributed by atoms with Gasteiger partial charge < -0.3 is 15.3 Å². The summed E-state index contributed by atoms with van der Waals surface area (Å²) in [6.07, 6.45) is 17.1. The van der Waals surface area contributed by atoms with Crippen molar-refractivity contribution in [2.75, 3.05) is 0 Å². The summed E-state index contributed by atoms with van der Waals surface area (Å²) in [4.78, 5) is 0. The summed E-state index contributed by atoms with van der Waals surface area (Å²) >= 11 is 0. The van der Waals surface area contributed by atoms with E-state index in [1.54, 1.807) is 0 Å². The Balaban J connectivity index is 0.00000111. The zero-order valence-corrected chi connectivity index (χ0v) is 31.6. The third-order valence-corrected chi connectivity index (χ3v) is 12.1. The van der Waals surface area contributed by atoms with Crippen LogP contribution in [0.1, 0.15) is 86.5 Å². The van der Waals surface area contributed by atoms with Crippen molar-refractivity contribution in [1.82, 2.24) is 0 Å². The molecule has 3 nitrogen and oxygen atoms in total. The first-order chi connectivity index (χ1) is 16.7. The van der Waals surface area contributed by atoms with Gasteiger partial charge in [0.15, 0.2) is 0 Å². The van der Waals surface area contributed by atoms with E-state index in [9.17, 15) is 0 Å². The average Bonchev–Trinajstić information content (AvgIpc) is 2.77. The van der Waals surface area contributed by atoms with Gasteiger partial charge in [0.25, 0.3) is 0 Å². The molecule has 2 aliphatic carbocycles. The Morgan fingerprint density at radius 1 is 0.703 bits per heavy atom. The molecule has 0 N–H and O–H groups in total. The Morgan fingerprint density at radius 3 is 1.30 bits per heavy atom. The fourth-order valence-corrected chi connectivity index (χ4v) is 13.5. The standard InChI is InChI=1S/C25H40N2.C6H18NSi2.Zn/c1-7-20-13-11-14-21(8-2)24(20)26-18(5)17-19(6)27-25-22(9-3)15-12-16-23(25)10-4;1-8(2,3)7-9(4,5)6;/h11-13,15,18-19,21,23H,7-10,14,16-17H2,1-6H3;1-6H3;/q-2;-1;/t18?,19?,21-,23?;;/m1../s1. The van der Waals surface area contributed by atoms with Crippen molar-refractivity contribution in [3.63, 3.8) is 0 Å². The predicted octanol–water partition coefficient (Wildman–Crippen LogP) is 11.2. The van der Waals surface area contributed by atoms with Crippen LogP contribution in [-0.4, -0.2) is 28.6 Å². The van der Waals surface area contributed by atoms with Crippen molar-refractivity contribution in [2.45, 2.75) is 138 Å². The van der Waals surface area contributed by atoms with E-state index >= 15 is 0 Å². The van der Waals surface area contributed by atoms with Crippen LogP contribution in [0.2, 0.25) is 39.3 Å². The first-order valence-corrected chi connectivity index (χ1v) is 21.6. The Bertz CT molecular complexity index is 723.